The van der Waals surface area contributed by atoms with Crippen LogP contribution in [0.4, 0.5) is 0 Å². The van der Waals surface area contributed by atoms with E-state index >= 15 is 0 Å². The molecule has 0 aliphatic carbocycles. The van der Waals surface area contributed by atoms with Crippen LogP contribution in [0.2, 0.25) is 0 Å². The Kier molecular flexibility index (Phi) is 4.39. The predicted molar refractivity (Wildman–Crippen MR) is 99.8 cm³/mol. The summed E-state index contributed by atoms with van der Waals surface area (Å²) in [7, 11) is 0. The minimum atomic E-state index is -0.433. The summed E-state index contributed by atoms with van der Waals surface area (Å²) in [5.41, 5.74) is 1.78. The van der Waals surface area contributed by atoms with E-state index in [-0.39, 0.29) is 11.9 Å². The van der Waals surface area contributed by atoms with Crippen LogP contribution in [0.5, 0.6) is 0 Å². The number of hydrogen-bond acceptors (Lipinski definition) is 1. The molecular formula is C22H23NO. The highest BCUT2D eigenvalue weighted by Crippen LogP contribution is 2.30. The third-order valence-electron chi connectivity index (χ3n) is 4.22. The summed E-state index contributed by atoms with van der Waals surface area (Å²) in [5.74, 6) is 0.0456. The molecule has 0 unspecified atom stereocenters. The van der Waals surface area contributed by atoms with Gasteiger partial charge in [0.25, 0.3) is 0 Å². The van der Waals surface area contributed by atoms with Gasteiger partial charge in [0.2, 0.25) is 5.91 Å². The summed E-state index contributed by atoms with van der Waals surface area (Å²) in [6.45, 7) is 5.81. The molecule has 0 saturated carbocycles. The SMILES string of the molecule is CC(C)(C)C(=O)N[C@@H](c1ccccc1)c1cccc2ccccc12. The molecule has 1 atom stereocenters. The lowest BCUT2D eigenvalue weighted by molar-refractivity contribution is -0.129. The van der Waals surface area contributed by atoms with Crippen molar-refractivity contribution in [2.24, 2.45) is 5.41 Å². The fourth-order valence-electron chi connectivity index (χ4n) is 2.84. The highest BCUT2D eigenvalue weighted by Gasteiger charge is 2.26. The standard InChI is InChI=1S/C22H23NO/c1-22(2,3)21(24)23-20(17-11-5-4-6-12-17)19-15-9-13-16-10-7-8-14-18(16)19/h4-15,20H,1-3H3,(H,23,24)/t20-/m0/s1. The Balaban J connectivity index is 2.12. The smallest absolute Gasteiger partial charge is 0.226 e. The molecule has 0 fully saturated rings. The van der Waals surface area contributed by atoms with E-state index in [2.05, 4.69) is 47.8 Å². The Labute approximate surface area is 143 Å². The maximum absolute atomic E-state index is 12.6. The van der Waals surface area contributed by atoms with Gasteiger partial charge in [0.1, 0.15) is 0 Å². The van der Waals surface area contributed by atoms with E-state index in [1.165, 1.54) is 10.8 Å². The molecule has 3 rings (SSSR count). The Hall–Kier alpha value is -2.61. The first kappa shape index (κ1) is 16.3. The summed E-state index contributed by atoms with van der Waals surface area (Å²) in [6, 6.07) is 24.5. The van der Waals surface area contributed by atoms with Crippen LogP contribution in [0.3, 0.4) is 0 Å². The van der Waals surface area contributed by atoms with Gasteiger partial charge in [-0.3, -0.25) is 4.79 Å². The number of nitrogens with one attached hydrogen (secondary N) is 1. The first-order valence-corrected chi connectivity index (χ1v) is 8.30. The van der Waals surface area contributed by atoms with Gasteiger partial charge in [0.05, 0.1) is 6.04 Å². The van der Waals surface area contributed by atoms with Gasteiger partial charge in [-0.15, -0.1) is 0 Å². The van der Waals surface area contributed by atoms with E-state index in [4.69, 9.17) is 0 Å². The number of fused-ring (bicyclic) bond motifs is 1. The maximum atomic E-state index is 12.6. The van der Waals surface area contributed by atoms with Crippen LogP contribution in [0.15, 0.2) is 72.8 Å². The molecule has 1 N–H and O–H groups in total. The minimum Gasteiger partial charge on any atom is -0.345 e. The summed E-state index contributed by atoms with van der Waals surface area (Å²) in [6.07, 6.45) is 0. The first-order valence-electron chi connectivity index (χ1n) is 8.30. The summed E-state index contributed by atoms with van der Waals surface area (Å²) in [5, 5.41) is 5.59. The van der Waals surface area contributed by atoms with Crippen molar-refractivity contribution in [3.63, 3.8) is 0 Å². The predicted octanol–water partition coefficient (Wildman–Crippen LogP) is 5.09. The quantitative estimate of drug-likeness (QED) is 0.716. The second-order valence-electron chi connectivity index (χ2n) is 7.14. The van der Waals surface area contributed by atoms with Crippen LogP contribution in [-0.4, -0.2) is 5.91 Å². The monoisotopic (exact) mass is 317 g/mol. The molecule has 2 heteroatoms. The van der Waals surface area contributed by atoms with E-state index in [0.29, 0.717) is 0 Å². The molecule has 0 aromatic heterocycles. The zero-order valence-electron chi connectivity index (χ0n) is 14.4. The third-order valence-corrected chi connectivity index (χ3v) is 4.22. The molecular weight excluding hydrogens is 294 g/mol. The molecule has 3 aromatic rings. The lowest BCUT2D eigenvalue weighted by atomic mass is 9.90. The van der Waals surface area contributed by atoms with Gasteiger partial charge in [-0.05, 0) is 21.9 Å². The molecule has 122 valence electrons. The second kappa shape index (κ2) is 6.48. The van der Waals surface area contributed by atoms with Crippen molar-refractivity contribution in [2.45, 2.75) is 26.8 Å². The zero-order chi connectivity index (χ0) is 17.2. The number of carbonyl (C=O) groups excluding carboxylic acids is 1. The summed E-state index contributed by atoms with van der Waals surface area (Å²) in [4.78, 5) is 12.6. The van der Waals surface area contributed by atoms with Crippen molar-refractivity contribution in [3.8, 4) is 0 Å². The van der Waals surface area contributed by atoms with Gasteiger partial charge in [-0.2, -0.15) is 0 Å². The molecule has 0 heterocycles. The van der Waals surface area contributed by atoms with Gasteiger partial charge in [0.15, 0.2) is 0 Å². The van der Waals surface area contributed by atoms with Crippen LogP contribution < -0.4 is 5.32 Å². The number of rotatable bonds is 3. The van der Waals surface area contributed by atoms with E-state index in [9.17, 15) is 4.79 Å². The van der Waals surface area contributed by atoms with Gasteiger partial charge < -0.3 is 5.32 Å². The van der Waals surface area contributed by atoms with Crippen LogP contribution in [0, 0.1) is 5.41 Å². The van der Waals surface area contributed by atoms with Crippen LogP contribution in [0.1, 0.15) is 37.9 Å². The highest BCUT2D eigenvalue weighted by atomic mass is 16.2. The van der Waals surface area contributed by atoms with Gasteiger partial charge in [0, 0.05) is 5.41 Å². The Morgan fingerprint density at radius 2 is 1.46 bits per heavy atom. The Morgan fingerprint density at radius 3 is 2.17 bits per heavy atom. The van der Waals surface area contributed by atoms with Gasteiger partial charge in [-0.1, -0.05) is 93.6 Å². The molecule has 3 aromatic carbocycles. The summed E-state index contributed by atoms with van der Waals surface area (Å²) < 4.78 is 0. The summed E-state index contributed by atoms with van der Waals surface area (Å²) >= 11 is 0. The fourth-order valence-corrected chi connectivity index (χ4v) is 2.84. The number of hydrogen-bond donors (Lipinski definition) is 1. The van der Waals surface area contributed by atoms with Crippen molar-refractivity contribution >= 4 is 16.7 Å². The number of amides is 1. The second-order valence-corrected chi connectivity index (χ2v) is 7.14. The molecule has 24 heavy (non-hydrogen) atoms. The average Bonchev–Trinajstić information content (AvgIpc) is 2.59. The number of benzene rings is 3. The molecule has 0 bridgehead atoms. The minimum absolute atomic E-state index is 0.0456. The zero-order valence-corrected chi connectivity index (χ0v) is 14.4. The van der Waals surface area contributed by atoms with E-state index in [0.717, 1.165) is 11.1 Å². The van der Waals surface area contributed by atoms with Crippen molar-refractivity contribution in [2.75, 3.05) is 0 Å². The van der Waals surface area contributed by atoms with Crippen LogP contribution in [-0.2, 0) is 4.79 Å². The van der Waals surface area contributed by atoms with E-state index in [1.807, 2.05) is 51.1 Å². The van der Waals surface area contributed by atoms with Crippen molar-refractivity contribution in [3.05, 3.63) is 83.9 Å². The molecule has 0 saturated heterocycles. The first-order chi connectivity index (χ1) is 11.5. The molecule has 0 radical (unpaired) electrons. The Bertz CT molecular complexity index is 841. The third kappa shape index (κ3) is 3.33. The fraction of sp³-hybridized carbons (Fsp3) is 0.227. The molecule has 1 amide bonds. The largest absolute Gasteiger partial charge is 0.345 e. The molecule has 0 spiro atoms. The normalized spacial score (nSPS) is 12.8. The topological polar surface area (TPSA) is 29.1 Å². The van der Waals surface area contributed by atoms with E-state index in [1.54, 1.807) is 0 Å². The Morgan fingerprint density at radius 1 is 0.833 bits per heavy atom. The molecule has 0 aliphatic rings. The molecule has 2 nitrogen and oxygen atoms in total. The maximum Gasteiger partial charge on any atom is 0.226 e. The van der Waals surface area contributed by atoms with Crippen molar-refractivity contribution in [1.29, 1.82) is 0 Å². The van der Waals surface area contributed by atoms with E-state index < -0.39 is 5.41 Å². The van der Waals surface area contributed by atoms with Crippen LogP contribution >= 0.6 is 0 Å². The van der Waals surface area contributed by atoms with Gasteiger partial charge >= 0.3 is 0 Å². The lowest BCUT2D eigenvalue weighted by Gasteiger charge is -2.26. The highest BCUT2D eigenvalue weighted by molar-refractivity contribution is 5.88. The molecule has 0 aliphatic heterocycles. The average molecular weight is 317 g/mol. The van der Waals surface area contributed by atoms with Gasteiger partial charge in [-0.25, -0.2) is 0 Å². The van der Waals surface area contributed by atoms with Crippen LogP contribution in [0.25, 0.3) is 10.8 Å². The van der Waals surface area contributed by atoms with Crippen molar-refractivity contribution in [1.82, 2.24) is 5.32 Å². The van der Waals surface area contributed by atoms with Crippen molar-refractivity contribution < 1.29 is 4.79 Å². The lowest BCUT2D eigenvalue weighted by Crippen LogP contribution is -2.37. The number of carbonyl (C=O) groups is 1.